The van der Waals surface area contributed by atoms with Crippen molar-refractivity contribution in [3.8, 4) is 0 Å². The van der Waals surface area contributed by atoms with Crippen LogP contribution in [0.15, 0.2) is 24.3 Å². The van der Waals surface area contributed by atoms with E-state index < -0.39 is 0 Å². The molecule has 0 saturated heterocycles. The Morgan fingerprint density at radius 2 is 1.65 bits per heavy atom. The van der Waals surface area contributed by atoms with Gasteiger partial charge in [0.1, 0.15) is 0 Å². The molecule has 0 bridgehead atoms. The van der Waals surface area contributed by atoms with E-state index in [4.69, 9.17) is 11.6 Å². The number of carbonyl (C=O) groups is 1. The molecule has 2 nitrogen and oxygen atoms in total. The number of nitrogens with one attached hydrogen (secondary N) is 1. The molecule has 0 heterocycles. The third kappa shape index (κ3) is 5.96. The van der Waals surface area contributed by atoms with Gasteiger partial charge in [-0.3, -0.25) is 4.79 Å². The van der Waals surface area contributed by atoms with Crippen LogP contribution in [0.3, 0.4) is 0 Å². The van der Waals surface area contributed by atoms with Crippen molar-refractivity contribution in [2.24, 2.45) is 0 Å². The van der Waals surface area contributed by atoms with Gasteiger partial charge in [-0.15, -0.1) is 11.6 Å². The van der Waals surface area contributed by atoms with Crippen LogP contribution in [-0.4, -0.2) is 18.3 Å². The molecule has 0 aliphatic rings. The SMILES string of the molecule is CC(C)(C)c1ccc(C(=O)NCCCCCCCl)cc1. The first kappa shape index (κ1) is 17.0. The lowest BCUT2D eigenvalue weighted by molar-refractivity contribution is 0.0953. The van der Waals surface area contributed by atoms with Gasteiger partial charge in [-0.25, -0.2) is 0 Å². The summed E-state index contributed by atoms with van der Waals surface area (Å²) in [6.45, 7) is 7.25. The molecular formula is C17H26ClNO. The second-order valence-electron chi connectivity index (χ2n) is 6.19. The maximum atomic E-state index is 12.0. The molecule has 0 aliphatic carbocycles. The lowest BCUT2D eigenvalue weighted by Crippen LogP contribution is -2.24. The van der Waals surface area contributed by atoms with Gasteiger partial charge < -0.3 is 5.32 Å². The Kier molecular flexibility index (Phi) is 7.08. The fourth-order valence-corrected chi connectivity index (χ4v) is 2.19. The summed E-state index contributed by atoms with van der Waals surface area (Å²) in [5, 5.41) is 2.96. The number of amides is 1. The normalized spacial score (nSPS) is 11.4. The highest BCUT2D eigenvalue weighted by molar-refractivity contribution is 6.17. The number of benzene rings is 1. The number of rotatable bonds is 7. The van der Waals surface area contributed by atoms with Crippen LogP contribution >= 0.6 is 11.6 Å². The summed E-state index contributed by atoms with van der Waals surface area (Å²) in [5.41, 5.74) is 2.10. The highest BCUT2D eigenvalue weighted by Gasteiger charge is 2.14. The van der Waals surface area contributed by atoms with Gasteiger partial charge >= 0.3 is 0 Å². The lowest BCUT2D eigenvalue weighted by Gasteiger charge is -2.19. The Bertz CT molecular complexity index is 406. The van der Waals surface area contributed by atoms with Gasteiger partial charge in [0, 0.05) is 18.0 Å². The largest absolute Gasteiger partial charge is 0.352 e. The summed E-state index contributed by atoms with van der Waals surface area (Å²) in [5.74, 6) is 0.745. The van der Waals surface area contributed by atoms with E-state index in [9.17, 15) is 4.79 Å². The fourth-order valence-electron chi connectivity index (χ4n) is 2.00. The summed E-state index contributed by atoms with van der Waals surface area (Å²) in [6, 6.07) is 7.89. The Balaban J connectivity index is 2.37. The van der Waals surface area contributed by atoms with Crippen molar-refractivity contribution in [1.82, 2.24) is 5.32 Å². The highest BCUT2D eigenvalue weighted by atomic mass is 35.5. The summed E-state index contributed by atoms with van der Waals surface area (Å²) >= 11 is 5.62. The second-order valence-corrected chi connectivity index (χ2v) is 6.56. The minimum atomic E-state index is 0.0165. The molecule has 0 atom stereocenters. The summed E-state index contributed by atoms with van der Waals surface area (Å²) in [7, 11) is 0. The third-order valence-corrected chi connectivity index (χ3v) is 3.63. The molecule has 0 spiro atoms. The number of unbranched alkanes of at least 4 members (excludes halogenated alkanes) is 3. The smallest absolute Gasteiger partial charge is 0.251 e. The van der Waals surface area contributed by atoms with Crippen molar-refractivity contribution in [2.75, 3.05) is 12.4 Å². The maximum absolute atomic E-state index is 12.0. The molecule has 1 aromatic rings. The zero-order chi connectivity index (χ0) is 15.0. The molecule has 112 valence electrons. The van der Waals surface area contributed by atoms with Gasteiger partial charge in [-0.1, -0.05) is 45.7 Å². The van der Waals surface area contributed by atoms with Crippen LogP contribution in [0.4, 0.5) is 0 Å². The van der Waals surface area contributed by atoms with E-state index in [1.165, 1.54) is 5.56 Å². The predicted octanol–water partition coefficient (Wildman–Crippen LogP) is 4.51. The maximum Gasteiger partial charge on any atom is 0.251 e. The van der Waals surface area contributed by atoms with Crippen LogP contribution in [0.1, 0.15) is 62.4 Å². The molecule has 20 heavy (non-hydrogen) atoms. The molecule has 1 aromatic carbocycles. The first-order chi connectivity index (χ1) is 9.45. The first-order valence-corrected chi connectivity index (χ1v) is 7.93. The fraction of sp³-hybridized carbons (Fsp3) is 0.588. The van der Waals surface area contributed by atoms with Gasteiger partial charge in [0.15, 0.2) is 0 Å². The van der Waals surface area contributed by atoms with Crippen LogP contribution in [0.5, 0.6) is 0 Å². The third-order valence-electron chi connectivity index (χ3n) is 3.36. The monoisotopic (exact) mass is 295 g/mol. The molecule has 0 unspecified atom stereocenters. The molecule has 1 rings (SSSR count). The average molecular weight is 296 g/mol. The summed E-state index contributed by atoms with van der Waals surface area (Å²) < 4.78 is 0. The molecule has 3 heteroatoms. The van der Waals surface area contributed by atoms with Gasteiger partial charge in [0.25, 0.3) is 5.91 Å². The van der Waals surface area contributed by atoms with E-state index in [1.54, 1.807) is 0 Å². The Hall–Kier alpha value is -1.02. The van der Waals surface area contributed by atoms with Gasteiger partial charge in [-0.05, 0) is 36.0 Å². The van der Waals surface area contributed by atoms with Crippen LogP contribution in [-0.2, 0) is 5.41 Å². The number of hydrogen-bond donors (Lipinski definition) is 1. The number of carbonyl (C=O) groups excluding carboxylic acids is 1. The van der Waals surface area contributed by atoms with E-state index in [1.807, 2.05) is 24.3 Å². The Morgan fingerprint density at radius 1 is 1.05 bits per heavy atom. The van der Waals surface area contributed by atoms with Crippen molar-refractivity contribution < 1.29 is 4.79 Å². The highest BCUT2D eigenvalue weighted by Crippen LogP contribution is 2.22. The van der Waals surface area contributed by atoms with Gasteiger partial charge in [0.2, 0.25) is 0 Å². The molecule has 0 saturated carbocycles. The average Bonchev–Trinajstić information content (AvgIpc) is 2.41. The topological polar surface area (TPSA) is 29.1 Å². The van der Waals surface area contributed by atoms with Crippen LogP contribution in [0.2, 0.25) is 0 Å². The number of hydrogen-bond acceptors (Lipinski definition) is 1. The number of alkyl halides is 1. The zero-order valence-corrected chi connectivity index (χ0v) is 13.6. The quantitative estimate of drug-likeness (QED) is 0.582. The Labute approximate surface area is 127 Å². The Morgan fingerprint density at radius 3 is 2.20 bits per heavy atom. The first-order valence-electron chi connectivity index (χ1n) is 7.40. The summed E-state index contributed by atoms with van der Waals surface area (Å²) in [4.78, 5) is 12.0. The molecule has 1 N–H and O–H groups in total. The van der Waals surface area contributed by atoms with E-state index in [0.717, 1.165) is 43.7 Å². The van der Waals surface area contributed by atoms with Crippen molar-refractivity contribution in [1.29, 1.82) is 0 Å². The van der Waals surface area contributed by atoms with E-state index in [0.29, 0.717) is 0 Å². The minimum absolute atomic E-state index is 0.0165. The van der Waals surface area contributed by atoms with E-state index in [2.05, 4.69) is 26.1 Å². The lowest BCUT2D eigenvalue weighted by atomic mass is 9.87. The van der Waals surface area contributed by atoms with Gasteiger partial charge in [0.05, 0.1) is 0 Å². The zero-order valence-electron chi connectivity index (χ0n) is 12.8. The molecule has 1 amide bonds. The van der Waals surface area contributed by atoms with Crippen molar-refractivity contribution >= 4 is 17.5 Å². The minimum Gasteiger partial charge on any atom is -0.352 e. The predicted molar refractivity (Wildman–Crippen MR) is 86.7 cm³/mol. The second kappa shape index (κ2) is 8.31. The molecule has 0 fully saturated rings. The standard InChI is InChI=1S/C17H26ClNO/c1-17(2,3)15-10-8-14(9-11-15)16(20)19-13-7-5-4-6-12-18/h8-11H,4-7,12-13H2,1-3H3,(H,19,20). The van der Waals surface area contributed by atoms with Crippen LogP contribution in [0, 0.1) is 0 Å². The van der Waals surface area contributed by atoms with E-state index in [-0.39, 0.29) is 11.3 Å². The molecule has 0 aliphatic heterocycles. The van der Waals surface area contributed by atoms with Crippen molar-refractivity contribution in [3.05, 3.63) is 35.4 Å². The van der Waals surface area contributed by atoms with Gasteiger partial charge in [-0.2, -0.15) is 0 Å². The molecule has 0 aromatic heterocycles. The molecule has 0 radical (unpaired) electrons. The van der Waals surface area contributed by atoms with E-state index >= 15 is 0 Å². The molecular weight excluding hydrogens is 270 g/mol. The van der Waals surface area contributed by atoms with Crippen molar-refractivity contribution in [3.63, 3.8) is 0 Å². The van der Waals surface area contributed by atoms with Crippen LogP contribution in [0.25, 0.3) is 0 Å². The summed E-state index contributed by atoms with van der Waals surface area (Å²) in [6.07, 6.45) is 4.34. The number of halogens is 1. The van der Waals surface area contributed by atoms with Crippen LogP contribution < -0.4 is 5.32 Å². The van der Waals surface area contributed by atoms with Crippen molar-refractivity contribution in [2.45, 2.75) is 51.9 Å².